The number of nitrogens with zero attached hydrogens (tertiary/aromatic N) is 1. The Hall–Kier alpha value is -3.08. The molecule has 0 aliphatic heterocycles. The molecule has 0 aliphatic rings. The first-order valence-corrected chi connectivity index (χ1v) is 8.07. The number of amides is 1. The Morgan fingerprint density at radius 2 is 1.92 bits per heavy atom. The highest BCUT2D eigenvalue weighted by Crippen LogP contribution is 2.21. The van der Waals surface area contributed by atoms with Gasteiger partial charge < -0.3 is 14.6 Å². The van der Waals surface area contributed by atoms with Crippen molar-refractivity contribution in [1.29, 1.82) is 0 Å². The van der Waals surface area contributed by atoms with Crippen LogP contribution in [0.4, 0.5) is 0 Å². The number of hydrogen-bond acceptors (Lipinski definition) is 4. The smallest absolute Gasteiger partial charge is 0.226 e. The summed E-state index contributed by atoms with van der Waals surface area (Å²) in [5.41, 5.74) is 3.66. The van der Waals surface area contributed by atoms with Gasteiger partial charge >= 0.3 is 0 Å². The Bertz CT molecular complexity index is 853. The van der Waals surface area contributed by atoms with Crippen molar-refractivity contribution >= 4 is 5.91 Å². The van der Waals surface area contributed by atoms with E-state index < -0.39 is 0 Å². The van der Waals surface area contributed by atoms with Crippen molar-refractivity contribution in [3.63, 3.8) is 0 Å². The summed E-state index contributed by atoms with van der Waals surface area (Å²) in [6, 6.07) is 17.4. The highest BCUT2D eigenvalue weighted by molar-refractivity contribution is 5.78. The minimum Gasteiger partial charge on any atom is -0.496 e. The summed E-state index contributed by atoms with van der Waals surface area (Å²) < 4.78 is 10.6. The molecule has 1 aromatic heterocycles. The van der Waals surface area contributed by atoms with Gasteiger partial charge in [0.05, 0.1) is 19.2 Å². The summed E-state index contributed by atoms with van der Waals surface area (Å²) in [6.07, 6.45) is 0.171. The first kappa shape index (κ1) is 16.8. The number of ether oxygens (including phenoxy) is 1. The highest BCUT2D eigenvalue weighted by Gasteiger charge is 2.11. The Labute approximate surface area is 146 Å². The Morgan fingerprint density at radius 3 is 2.68 bits per heavy atom. The maximum Gasteiger partial charge on any atom is 0.226 e. The van der Waals surface area contributed by atoms with Crippen LogP contribution in [0.15, 0.2) is 59.1 Å². The lowest BCUT2D eigenvalue weighted by molar-refractivity contribution is -0.120. The Kier molecular flexibility index (Phi) is 5.14. The van der Waals surface area contributed by atoms with E-state index in [0.29, 0.717) is 18.0 Å². The monoisotopic (exact) mass is 336 g/mol. The van der Waals surface area contributed by atoms with Crippen LogP contribution in [-0.4, -0.2) is 18.2 Å². The highest BCUT2D eigenvalue weighted by atomic mass is 16.5. The molecule has 3 rings (SSSR count). The van der Waals surface area contributed by atoms with Gasteiger partial charge in [-0.05, 0) is 13.0 Å². The molecule has 0 saturated carbocycles. The van der Waals surface area contributed by atoms with Crippen molar-refractivity contribution in [1.82, 2.24) is 10.5 Å². The molecule has 1 N–H and O–H groups in total. The van der Waals surface area contributed by atoms with E-state index in [1.165, 1.54) is 5.56 Å². The van der Waals surface area contributed by atoms with Crippen LogP contribution in [0, 0.1) is 6.92 Å². The summed E-state index contributed by atoms with van der Waals surface area (Å²) in [6.45, 7) is 2.44. The Balaban J connectivity index is 1.59. The first-order chi connectivity index (χ1) is 12.2. The fourth-order valence-electron chi connectivity index (χ4n) is 2.52. The van der Waals surface area contributed by atoms with Crippen molar-refractivity contribution < 1.29 is 14.1 Å². The maximum atomic E-state index is 12.1. The zero-order chi connectivity index (χ0) is 17.6. The van der Waals surface area contributed by atoms with Crippen molar-refractivity contribution in [3.05, 3.63) is 71.4 Å². The van der Waals surface area contributed by atoms with Gasteiger partial charge in [-0.25, -0.2) is 0 Å². The molecule has 1 heterocycles. The van der Waals surface area contributed by atoms with Crippen molar-refractivity contribution in [2.24, 2.45) is 0 Å². The average Bonchev–Trinajstić information content (AvgIpc) is 3.09. The molecule has 2 aromatic carbocycles. The molecule has 25 heavy (non-hydrogen) atoms. The van der Waals surface area contributed by atoms with Crippen LogP contribution in [0.3, 0.4) is 0 Å². The van der Waals surface area contributed by atoms with Crippen molar-refractivity contribution in [2.45, 2.75) is 19.9 Å². The molecule has 0 unspecified atom stereocenters. The van der Waals surface area contributed by atoms with Crippen LogP contribution in [0.25, 0.3) is 11.3 Å². The molecular formula is C20H20N2O3. The molecule has 5 heteroatoms. The molecule has 0 bridgehead atoms. The fraction of sp³-hybridized carbons (Fsp3) is 0.200. The summed E-state index contributed by atoms with van der Waals surface area (Å²) in [7, 11) is 1.61. The van der Waals surface area contributed by atoms with Gasteiger partial charge in [0, 0.05) is 23.7 Å². The zero-order valence-corrected chi connectivity index (χ0v) is 14.3. The second-order valence-corrected chi connectivity index (χ2v) is 5.81. The number of para-hydroxylation sites is 1. The van der Waals surface area contributed by atoms with Crippen molar-refractivity contribution in [2.75, 3.05) is 7.11 Å². The second-order valence-electron chi connectivity index (χ2n) is 5.81. The predicted molar refractivity (Wildman–Crippen MR) is 95.2 cm³/mol. The molecule has 0 fully saturated rings. The molecule has 0 aliphatic carbocycles. The molecule has 5 nitrogen and oxygen atoms in total. The van der Waals surface area contributed by atoms with Gasteiger partial charge in [-0.1, -0.05) is 53.2 Å². The number of nitrogens with one attached hydrogen (secondary N) is 1. The van der Waals surface area contributed by atoms with Gasteiger partial charge in [0.15, 0.2) is 5.76 Å². The minimum atomic E-state index is -0.116. The van der Waals surface area contributed by atoms with E-state index in [0.717, 1.165) is 16.9 Å². The number of aryl methyl sites for hydroxylation is 1. The summed E-state index contributed by atoms with van der Waals surface area (Å²) in [5, 5.41) is 6.86. The third-order valence-electron chi connectivity index (χ3n) is 3.91. The zero-order valence-electron chi connectivity index (χ0n) is 14.3. The van der Waals surface area contributed by atoms with Gasteiger partial charge in [0.2, 0.25) is 5.91 Å². The number of rotatable bonds is 6. The number of methoxy groups -OCH3 is 1. The van der Waals surface area contributed by atoms with Gasteiger partial charge in [0.1, 0.15) is 5.75 Å². The lowest BCUT2D eigenvalue weighted by Gasteiger charge is -2.08. The first-order valence-electron chi connectivity index (χ1n) is 8.07. The number of carbonyl (C=O) groups excluding carboxylic acids is 1. The number of benzene rings is 2. The van der Waals surface area contributed by atoms with Gasteiger partial charge in [-0.15, -0.1) is 0 Å². The summed E-state index contributed by atoms with van der Waals surface area (Å²) in [4.78, 5) is 12.1. The van der Waals surface area contributed by atoms with Crippen LogP contribution in [0.2, 0.25) is 0 Å². The number of aromatic nitrogens is 1. The van der Waals surface area contributed by atoms with Crippen molar-refractivity contribution in [3.8, 4) is 17.1 Å². The minimum absolute atomic E-state index is 0.116. The molecular weight excluding hydrogens is 316 g/mol. The van der Waals surface area contributed by atoms with E-state index in [4.69, 9.17) is 9.26 Å². The topological polar surface area (TPSA) is 64.4 Å². The van der Waals surface area contributed by atoms with Gasteiger partial charge in [0.25, 0.3) is 0 Å². The van der Waals surface area contributed by atoms with Crippen LogP contribution < -0.4 is 10.1 Å². The average molecular weight is 336 g/mol. The van der Waals surface area contributed by atoms with E-state index in [1.807, 2.05) is 55.5 Å². The van der Waals surface area contributed by atoms with E-state index >= 15 is 0 Å². The molecule has 0 atom stereocenters. The van der Waals surface area contributed by atoms with Gasteiger partial charge in [-0.2, -0.15) is 0 Å². The quantitative estimate of drug-likeness (QED) is 0.748. The molecule has 0 saturated heterocycles. The molecule has 1 amide bonds. The maximum absolute atomic E-state index is 12.1. The second kappa shape index (κ2) is 7.66. The standard InChI is InChI=1S/C20H20N2O3/c1-14-7-9-15(10-8-14)19-11-17(22-25-19)12-20(23)21-13-16-5-3-4-6-18(16)24-2/h3-11H,12-13H2,1-2H3,(H,21,23). The van der Waals surface area contributed by atoms with E-state index in [-0.39, 0.29) is 12.3 Å². The fourth-order valence-corrected chi connectivity index (χ4v) is 2.52. The third kappa shape index (κ3) is 4.26. The van der Waals surface area contributed by atoms with E-state index in [1.54, 1.807) is 13.2 Å². The summed E-state index contributed by atoms with van der Waals surface area (Å²) in [5.74, 6) is 1.30. The van der Waals surface area contributed by atoms with Crippen LogP contribution in [-0.2, 0) is 17.8 Å². The SMILES string of the molecule is COc1ccccc1CNC(=O)Cc1cc(-c2ccc(C)cc2)on1. The van der Waals surface area contributed by atoms with E-state index in [2.05, 4.69) is 10.5 Å². The molecule has 0 radical (unpaired) electrons. The van der Waals surface area contributed by atoms with Crippen LogP contribution in [0.1, 0.15) is 16.8 Å². The predicted octanol–water partition coefficient (Wildman–Crippen LogP) is 3.52. The third-order valence-corrected chi connectivity index (χ3v) is 3.91. The Morgan fingerprint density at radius 1 is 1.16 bits per heavy atom. The summed E-state index contributed by atoms with van der Waals surface area (Å²) >= 11 is 0. The molecule has 128 valence electrons. The van der Waals surface area contributed by atoms with Crippen LogP contribution >= 0.6 is 0 Å². The lowest BCUT2D eigenvalue weighted by atomic mass is 10.1. The number of hydrogen-bond donors (Lipinski definition) is 1. The number of carbonyl (C=O) groups is 1. The lowest BCUT2D eigenvalue weighted by Crippen LogP contribution is -2.24. The normalized spacial score (nSPS) is 10.5. The largest absolute Gasteiger partial charge is 0.496 e. The van der Waals surface area contributed by atoms with E-state index in [9.17, 15) is 4.79 Å². The van der Waals surface area contributed by atoms with Gasteiger partial charge in [-0.3, -0.25) is 4.79 Å². The molecule has 3 aromatic rings. The van der Waals surface area contributed by atoms with Crippen LogP contribution in [0.5, 0.6) is 5.75 Å². The molecule has 0 spiro atoms.